The predicted octanol–water partition coefficient (Wildman–Crippen LogP) is 1.43. The molecule has 3 rings (SSSR count). The lowest BCUT2D eigenvalue weighted by molar-refractivity contribution is 0.764. The summed E-state index contributed by atoms with van der Waals surface area (Å²) < 4.78 is 2.55. The van der Waals surface area contributed by atoms with Gasteiger partial charge in [-0.1, -0.05) is 12.1 Å². The Morgan fingerprint density at radius 1 is 1.33 bits per heavy atom. The zero-order valence-corrected chi connectivity index (χ0v) is 10.9. The molecule has 2 N–H and O–H groups in total. The molecule has 1 aromatic carbocycles. The normalized spacial score (nSPS) is 11.0. The van der Waals surface area contributed by atoms with Gasteiger partial charge >= 0.3 is 0 Å². The summed E-state index contributed by atoms with van der Waals surface area (Å²) in [5.41, 5.74) is 7.27. The van der Waals surface area contributed by atoms with Gasteiger partial charge in [-0.15, -0.1) is 5.10 Å². The van der Waals surface area contributed by atoms with Crippen LogP contribution in [-0.4, -0.2) is 25.2 Å². The number of para-hydroxylation sites is 1. The first-order chi connectivity index (χ1) is 8.79. The van der Waals surface area contributed by atoms with Gasteiger partial charge in [0, 0.05) is 16.1 Å². The van der Waals surface area contributed by atoms with E-state index < -0.39 is 0 Å². The van der Waals surface area contributed by atoms with E-state index in [4.69, 9.17) is 5.73 Å². The van der Waals surface area contributed by atoms with E-state index in [2.05, 4.69) is 36.4 Å². The van der Waals surface area contributed by atoms with Crippen LogP contribution in [0.5, 0.6) is 0 Å². The van der Waals surface area contributed by atoms with E-state index in [1.54, 1.807) is 10.9 Å². The highest BCUT2D eigenvalue weighted by Gasteiger charge is 2.10. The summed E-state index contributed by atoms with van der Waals surface area (Å²) in [5.74, 6) is 0.604. The molecule has 0 fully saturated rings. The predicted molar refractivity (Wildman–Crippen MR) is 70.0 cm³/mol. The van der Waals surface area contributed by atoms with Crippen molar-refractivity contribution in [1.29, 1.82) is 0 Å². The summed E-state index contributed by atoms with van der Waals surface area (Å²) in [7, 11) is 0. The topological polar surface area (TPSA) is 82.5 Å². The van der Waals surface area contributed by atoms with Crippen LogP contribution in [0.4, 0.5) is 0 Å². The van der Waals surface area contributed by atoms with Gasteiger partial charge in [0.2, 0.25) is 0 Å². The lowest BCUT2D eigenvalue weighted by atomic mass is 10.2. The molecule has 90 valence electrons. The van der Waals surface area contributed by atoms with Gasteiger partial charge in [0.1, 0.15) is 0 Å². The Morgan fingerprint density at radius 2 is 2.22 bits per heavy atom. The van der Waals surface area contributed by atoms with Crippen LogP contribution in [-0.2, 0) is 6.54 Å². The summed E-state index contributed by atoms with van der Waals surface area (Å²) in [6, 6.07) is 7.84. The minimum Gasteiger partial charge on any atom is -0.324 e. The minimum atomic E-state index is 0.278. The third kappa shape index (κ3) is 1.77. The minimum absolute atomic E-state index is 0.278. The number of hydrogen-bond acceptors (Lipinski definition) is 5. The van der Waals surface area contributed by atoms with Crippen LogP contribution < -0.4 is 5.73 Å². The van der Waals surface area contributed by atoms with E-state index >= 15 is 0 Å². The Kier molecular flexibility index (Phi) is 2.77. The number of nitrogens with two attached hydrogens (primary N) is 1. The Labute approximate surface area is 111 Å². The zero-order chi connectivity index (χ0) is 12.5. The molecule has 0 aliphatic rings. The number of rotatable bonds is 2. The van der Waals surface area contributed by atoms with Gasteiger partial charge in [-0.05, 0) is 38.5 Å². The quantitative estimate of drug-likeness (QED) is 0.774. The maximum absolute atomic E-state index is 5.61. The first kappa shape index (κ1) is 11.2. The van der Waals surface area contributed by atoms with Crippen molar-refractivity contribution in [3.63, 3.8) is 0 Å². The van der Waals surface area contributed by atoms with Gasteiger partial charge in [0.05, 0.1) is 17.7 Å². The second-order valence-corrected chi connectivity index (χ2v) is 4.63. The molecule has 7 heteroatoms. The molecule has 0 atom stereocenters. The van der Waals surface area contributed by atoms with Crippen molar-refractivity contribution in [2.24, 2.45) is 5.73 Å². The number of aromatic nitrogens is 5. The Bertz CT molecular complexity index is 708. The number of hydrogen-bond donors (Lipinski definition) is 1. The lowest BCUT2D eigenvalue weighted by Gasteiger charge is -2.06. The molecule has 0 saturated heterocycles. The van der Waals surface area contributed by atoms with Crippen molar-refractivity contribution in [3.05, 3.63) is 40.8 Å². The molecule has 0 bridgehead atoms. The van der Waals surface area contributed by atoms with Crippen LogP contribution >= 0.6 is 15.9 Å². The SMILES string of the molecule is NCc1nnnn1-c1cccc2cc(Br)cnc12. The molecule has 0 spiro atoms. The maximum Gasteiger partial charge on any atom is 0.170 e. The molecule has 3 aromatic rings. The van der Waals surface area contributed by atoms with Crippen molar-refractivity contribution < 1.29 is 0 Å². The molecular weight excluding hydrogens is 296 g/mol. The van der Waals surface area contributed by atoms with Crippen LogP contribution in [0.1, 0.15) is 5.82 Å². The molecule has 2 heterocycles. The van der Waals surface area contributed by atoms with Crippen LogP contribution in [0.2, 0.25) is 0 Å². The van der Waals surface area contributed by atoms with Gasteiger partial charge in [-0.3, -0.25) is 4.98 Å². The van der Waals surface area contributed by atoms with Crippen LogP contribution in [0.3, 0.4) is 0 Å². The summed E-state index contributed by atoms with van der Waals surface area (Å²) in [4.78, 5) is 4.41. The first-order valence-corrected chi connectivity index (χ1v) is 6.11. The molecular formula is C11H9BrN6. The lowest BCUT2D eigenvalue weighted by Crippen LogP contribution is -2.08. The molecule has 18 heavy (non-hydrogen) atoms. The van der Waals surface area contributed by atoms with E-state index in [0.29, 0.717) is 5.82 Å². The number of benzene rings is 1. The summed E-state index contributed by atoms with van der Waals surface area (Å²) in [6.07, 6.45) is 1.75. The van der Waals surface area contributed by atoms with E-state index in [0.717, 1.165) is 21.1 Å². The molecule has 0 unspecified atom stereocenters. The van der Waals surface area contributed by atoms with Crippen LogP contribution in [0.25, 0.3) is 16.6 Å². The Morgan fingerprint density at radius 3 is 3.06 bits per heavy atom. The molecule has 0 radical (unpaired) electrons. The standard InChI is InChI=1S/C11H9BrN6/c12-8-4-7-2-1-3-9(11(7)14-6-8)18-10(5-13)15-16-17-18/h1-4,6H,5,13H2. The third-order valence-corrected chi connectivity index (χ3v) is 3.03. The average Bonchev–Trinajstić information content (AvgIpc) is 2.85. The highest BCUT2D eigenvalue weighted by Crippen LogP contribution is 2.22. The number of halogens is 1. The first-order valence-electron chi connectivity index (χ1n) is 5.31. The zero-order valence-electron chi connectivity index (χ0n) is 9.29. The fraction of sp³-hybridized carbons (Fsp3) is 0.0909. The Balaban J connectivity index is 2.29. The maximum atomic E-state index is 5.61. The van der Waals surface area contributed by atoms with Crippen molar-refractivity contribution >= 4 is 26.8 Å². The van der Waals surface area contributed by atoms with Crippen LogP contribution in [0.15, 0.2) is 34.9 Å². The second kappa shape index (κ2) is 4.43. The monoisotopic (exact) mass is 304 g/mol. The van der Waals surface area contributed by atoms with Gasteiger partial charge in [-0.25, -0.2) is 0 Å². The van der Waals surface area contributed by atoms with Gasteiger partial charge in [0.25, 0.3) is 0 Å². The fourth-order valence-electron chi connectivity index (χ4n) is 1.81. The van der Waals surface area contributed by atoms with E-state index in [-0.39, 0.29) is 6.54 Å². The summed E-state index contributed by atoms with van der Waals surface area (Å²) in [6.45, 7) is 0.278. The number of pyridine rings is 1. The van der Waals surface area contributed by atoms with Crippen molar-refractivity contribution in [3.8, 4) is 5.69 Å². The van der Waals surface area contributed by atoms with E-state index in [1.807, 2.05) is 24.3 Å². The summed E-state index contributed by atoms with van der Waals surface area (Å²) in [5, 5.41) is 12.5. The summed E-state index contributed by atoms with van der Waals surface area (Å²) >= 11 is 3.40. The van der Waals surface area contributed by atoms with Crippen molar-refractivity contribution in [2.75, 3.05) is 0 Å². The number of nitrogens with zero attached hydrogens (tertiary/aromatic N) is 5. The molecule has 0 aliphatic carbocycles. The fourth-order valence-corrected chi connectivity index (χ4v) is 2.16. The van der Waals surface area contributed by atoms with E-state index in [1.165, 1.54) is 0 Å². The number of tetrazole rings is 1. The van der Waals surface area contributed by atoms with Gasteiger partial charge < -0.3 is 5.73 Å². The van der Waals surface area contributed by atoms with Crippen LogP contribution in [0, 0.1) is 0 Å². The van der Waals surface area contributed by atoms with E-state index in [9.17, 15) is 0 Å². The molecule has 6 nitrogen and oxygen atoms in total. The largest absolute Gasteiger partial charge is 0.324 e. The highest BCUT2D eigenvalue weighted by molar-refractivity contribution is 9.10. The second-order valence-electron chi connectivity index (χ2n) is 3.71. The Hall–Kier alpha value is -1.86. The molecule has 0 aliphatic heterocycles. The molecule has 0 amide bonds. The molecule has 0 saturated carbocycles. The average molecular weight is 305 g/mol. The smallest absolute Gasteiger partial charge is 0.170 e. The van der Waals surface area contributed by atoms with Gasteiger partial charge in [0.15, 0.2) is 5.82 Å². The number of fused-ring (bicyclic) bond motifs is 1. The van der Waals surface area contributed by atoms with Gasteiger partial charge in [-0.2, -0.15) is 4.68 Å². The highest BCUT2D eigenvalue weighted by atomic mass is 79.9. The molecule has 2 aromatic heterocycles. The van der Waals surface area contributed by atoms with Crippen molar-refractivity contribution in [2.45, 2.75) is 6.54 Å². The van der Waals surface area contributed by atoms with Crippen molar-refractivity contribution in [1.82, 2.24) is 25.2 Å². The third-order valence-electron chi connectivity index (χ3n) is 2.60.